The number of carbonyl (C=O) groups is 2. The number of nitrogens with one attached hydrogen (secondary N) is 1. The second kappa shape index (κ2) is 7.48. The third-order valence-corrected chi connectivity index (χ3v) is 3.18. The number of hydrogen-bond donors (Lipinski definition) is 2. The average molecular weight is 318 g/mol. The standard InChI is InChI=1S/C15H18N4O4/c1-9(2)13(15(21)22)17-11(20)6-7-12-18-14(19-23-12)10-5-3-4-8-16-10/h3-5,8-9,13H,6-7H2,1-2H3,(H,17,20)(H,21,22)/t13-/m1/s1. The second-order valence-electron chi connectivity index (χ2n) is 5.35. The van der Waals surface area contributed by atoms with Crippen molar-refractivity contribution in [3.05, 3.63) is 30.3 Å². The fraction of sp³-hybridized carbons (Fsp3) is 0.400. The van der Waals surface area contributed by atoms with Crippen LogP contribution in [0.2, 0.25) is 0 Å². The minimum atomic E-state index is -1.05. The van der Waals surface area contributed by atoms with Gasteiger partial charge in [-0.15, -0.1) is 0 Å². The topological polar surface area (TPSA) is 118 Å². The van der Waals surface area contributed by atoms with Crippen molar-refractivity contribution in [1.29, 1.82) is 0 Å². The molecule has 2 aromatic rings. The monoisotopic (exact) mass is 318 g/mol. The Bertz CT molecular complexity index is 669. The van der Waals surface area contributed by atoms with E-state index >= 15 is 0 Å². The Morgan fingerprint density at radius 2 is 2.13 bits per heavy atom. The van der Waals surface area contributed by atoms with Crippen LogP contribution in [0.4, 0.5) is 0 Å². The highest BCUT2D eigenvalue weighted by molar-refractivity contribution is 5.83. The van der Waals surface area contributed by atoms with Crippen molar-refractivity contribution in [3.63, 3.8) is 0 Å². The molecule has 0 spiro atoms. The molecule has 122 valence electrons. The van der Waals surface area contributed by atoms with E-state index in [-0.39, 0.29) is 24.7 Å². The van der Waals surface area contributed by atoms with Crippen molar-refractivity contribution in [3.8, 4) is 11.5 Å². The normalized spacial score (nSPS) is 12.1. The fourth-order valence-corrected chi connectivity index (χ4v) is 1.94. The average Bonchev–Trinajstić information content (AvgIpc) is 3.00. The molecule has 0 aliphatic heterocycles. The van der Waals surface area contributed by atoms with Crippen molar-refractivity contribution in [2.75, 3.05) is 0 Å². The Labute approximate surface area is 132 Å². The maximum absolute atomic E-state index is 11.8. The van der Waals surface area contributed by atoms with E-state index in [2.05, 4.69) is 20.4 Å². The lowest BCUT2D eigenvalue weighted by Gasteiger charge is -2.17. The Balaban J connectivity index is 1.90. The van der Waals surface area contributed by atoms with Crippen LogP contribution in [0.25, 0.3) is 11.5 Å². The van der Waals surface area contributed by atoms with Crippen LogP contribution in [-0.2, 0) is 16.0 Å². The first-order valence-corrected chi connectivity index (χ1v) is 7.23. The molecular weight excluding hydrogens is 300 g/mol. The summed E-state index contributed by atoms with van der Waals surface area (Å²) in [7, 11) is 0. The van der Waals surface area contributed by atoms with Crippen LogP contribution in [0.5, 0.6) is 0 Å². The van der Waals surface area contributed by atoms with Crippen LogP contribution < -0.4 is 5.32 Å². The number of carboxylic acids is 1. The minimum Gasteiger partial charge on any atom is -0.480 e. The van der Waals surface area contributed by atoms with Crippen LogP contribution in [0.15, 0.2) is 28.9 Å². The Hall–Kier alpha value is -2.77. The minimum absolute atomic E-state index is 0.0698. The van der Waals surface area contributed by atoms with Gasteiger partial charge in [-0.1, -0.05) is 25.1 Å². The molecule has 0 aromatic carbocycles. The molecule has 0 unspecified atom stereocenters. The summed E-state index contributed by atoms with van der Waals surface area (Å²) in [6.45, 7) is 3.46. The first-order chi connectivity index (χ1) is 11.0. The molecule has 2 rings (SSSR count). The van der Waals surface area contributed by atoms with Gasteiger partial charge >= 0.3 is 5.97 Å². The van der Waals surface area contributed by atoms with E-state index in [4.69, 9.17) is 9.63 Å². The third kappa shape index (κ3) is 4.60. The molecule has 0 aliphatic carbocycles. The lowest BCUT2D eigenvalue weighted by Crippen LogP contribution is -2.44. The summed E-state index contributed by atoms with van der Waals surface area (Å²) in [5, 5.41) is 15.3. The van der Waals surface area contributed by atoms with Gasteiger partial charge in [0, 0.05) is 19.0 Å². The van der Waals surface area contributed by atoms with Gasteiger partial charge in [0.05, 0.1) is 0 Å². The van der Waals surface area contributed by atoms with Crippen molar-refractivity contribution in [1.82, 2.24) is 20.4 Å². The molecule has 0 radical (unpaired) electrons. The van der Waals surface area contributed by atoms with Crippen LogP contribution in [-0.4, -0.2) is 38.1 Å². The molecule has 2 N–H and O–H groups in total. The molecule has 0 saturated carbocycles. The smallest absolute Gasteiger partial charge is 0.326 e. The van der Waals surface area contributed by atoms with Crippen molar-refractivity contribution >= 4 is 11.9 Å². The maximum Gasteiger partial charge on any atom is 0.326 e. The van der Waals surface area contributed by atoms with Gasteiger partial charge in [0.15, 0.2) is 0 Å². The number of aliphatic carboxylic acids is 1. The zero-order chi connectivity index (χ0) is 16.8. The summed E-state index contributed by atoms with van der Waals surface area (Å²) >= 11 is 0. The number of carboxylic acid groups (broad SMARTS) is 1. The number of hydrogen-bond acceptors (Lipinski definition) is 6. The van der Waals surface area contributed by atoms with Crippen molar-refractivity contribution < 1.29 is 19.2 Å². The molecule has 23 heavy (non-hydrogen) atoms. The molecule has 1 amide bonds. The van der Waals surface area contributed by atoms with Gasteiger partial charge in [0.1, 0.15) is 11.7 Å². The molecule has 1 atom stereocenters. The van der Waals surface area contributed by atoms with Gasteiger partial charge in [-0.05, 0) is 18.1 Å². The summed E-state index contributed by atoms with van der Waals surface area (Å²) in [6, 6.07) is 4.43. The van der Waals surface area contributed by atoms with Crippen molar-refractivity contribution in [2.45, 2.75) is 32.7 Å². The van der Waals surface area contributed by atoms with Crippen LogP contribution in [0, 0.1) is 5.92 Å². The first kappa shape index (κ1) is 16.6. The lowest BCUT2D eigenvalue weighted by molar-refractivity contribution is -0.143. The summed E-state index contributed by atoms with van der Waals surface area (Å²) in [5.41, 5.74) is 0.581. The first-order valence-electron chi connectivity index (χ1n) is 7.23. The largest absolute Gasteiger partial charge is 0.480 e. The third-order valence-electron chi connectivity index (χ3n) is 3.18. The number of aromatic nitrogens is 3. The lowest BCUT2D eigenvalue weighted by atomic mass is 10.0. The van der Waals surface area contributed by atoms with Gasteiger partial charge in [-0.25, -0.2) is 4.79 Å². The number of carbonyl (C=O) groups excluding carboxylic acids is 1. The highest BCUT2D eigenvalue weighted by atomic mass is 16.5. The van der Waals surface area contributed by atoms with E-state index < -0.39 is 12.0 Å². The van der Waals surface area contributed by atoms with Gasteiger partial charge in [-0.3, -0.25) is 9.78 Å². The number of amides is 1. The van der Waals surface area contributed by atoms with Gasteiger partial charge in [-0.2, -0.15) is 4.98 Å². The van der Waals surface area contributed by atoms with E-state index in [0.29, 0.717) is 17.4 Å². The molecule has 0 fully saturated rings. The zero-order valence-electron chi connectivity index (χ0n) is 12.9. The summed E-state index contributed by atoms with van der Waals surface area (Å²) in [4.78, 5) is 31.2. The van der Waals surface area contributed by atoms with Crippen LogP contribution >= 0.6 is 0 Å². The fourth-order valence-electron chi connectivity index (χ4n) is 1.94. The van der Waals surface area contributed by atoms with Crippen LogP contribution in [0.1, 0.15) is 26.2 Å². The second-order valence-corrected chi connectivity index (χ2v) is 5.35. The zero-order valence-corrected chi connectivity index (χ0v) is 12.9. The SMILES string of the molecule is CC(C)[C@@H](NC(=O)CCc1nc(-c2ccccn2)no1)C(=O)O. The van der Waals surface area contributed by atoms with E-state index in [0.717, 1.165) is 0 Å². The Kier molecular flexibility index (Phi) is 5.40. The number of rotatable bonds is 7. The van der Waals surface area contributed by atoms with E-state index in [1.54, 1.807) is 32.2 Å². The Morgan fingerprint density at radius 3 is 2.74 bits per heavy atom. The number of aryl methyl sites for hydroxylation is 1. The quantitative estimate of drug-likeness (QED) is 0.789. The number of nitrogens with zero attached hydrogens (tertiary/aromatic N) is 3. The van der Waals surface area contributed by atoms with Gasteiger partial charge < -0.3 is 14.9 Å². The summed E-state index contributed by atoms with van der Waals surface area (Å²) in [6.07, 6.45) is 1.92. The molecule has 0 aliphatic rings. The molecule has 8 heteroatoms. The Morgan fingerprint density at radius 1 is 1.35 bits per heavy atom. The predicted molar refractivity (Wildman–Crippen MR) is 80.3 cm³/mol. The van der Waals surface area contributed by atoms with Crippen LogP contribution in [0.3, 0.4) is 0 Å². The van der Waals surface area contributed by atoms with E-state index in [1.807, 2.05) is 6.07 Å². The summed E-state index contributed by atoms with van der Waals surface area (Å²) < 4.78 is 5.07. The van der Waals surface area contributed by atoms with Crippen molar-refractivity contribution in [2.24, 2.45) is 5.92 Å². The van der Waals surface area contributed by atoms with E-state index in [9.17, 15) is 9.59 Å². The molecule has 8 nitrogen and oxygen atoms in total. The van der Waals surface area contributed by atoms with E-state index in [1.165, 1.54) is 0 Å². The highest BCUT2D eigenvalue weighted by Crippen LogP contribution is 2.12. The molecule has 2 aromatic heterocycles. The highest BCUT2D eigenvalue weighted by Gasteiger charge is 2.23. The van der Waals surface area contributed by atoms with Gasteiger partial charge in [0.25, 0.3) is 0 Å². The predicted octanol–water partition coefficient (Wildman–Crippen LogP) is 1.29. The van der Waals surface area contributed by atoms with Gasteiger partial charge in [0.2, 0.25) is 17.6 Å². The summed E-state index contributed by atoms with van der Waals surface area (Å²) in [5.74, 6) is -0.966. The molecular formula is C15H18N4O4. The molecule has 0 saturated heterocycles. The maximum atomic E-state index is 11.8. The molecule has 0 bridgehead atoms. The number of pyridine rings is 1. The molecule has 2 heterocycles.